The third-order valence-corrected chi connectivity index (χ3v) is 1.82. The predicted octanol–water partition coefficient (Wildman–Crippen LogP) is 1.15. The minimum absolute atomic E-state index is 0. The lowest BCUT2D eigenvalue weighted by Crippen LogP contribution is -1.98. The Morgan fingerprint density at radius 1 is 1.73 bits per heavy atom. The zero-order valence-electron chi connectivity index (χ0n) is 5.70. The van der Waals surface area contributed by atoms with Crippen molar-refractivity contribution in [2.24, 2.45) is 0 Å². The number of carboxylic acid groups (broad SMARTS) is 1. The topological polar surface area (TPSA) is 76.2 Å². The molecule has 1 rings (SSSR count). The van der Waals surface area contributed by atoms with E-state index in [0.29, 0.717) is 10.0 Å². The van der Waals surface area contributed by atoms with Crippen LogP contribution in [0.1, 0.15) is 15.4 Å². The van der Waals surface area contributed by atoms with E-state index in [-0.39, 0.29) is 18.1 Å². The van der Waals surface area contributed by atoms with Gasteiger partial charge in [-0.3, -0.25) is 0 Å². The molecule has 0 amide bonds. The molecule has 1 aromatic rings. The fourth-order valence-corrected chi connectivity index (χ4v) is 1.30. The number of carbonyl (C=O) groups is 1. The number of carboxylic acids is 1. The van der Waals surface area contributed by atoms with Gasteiger partial charge in [-0.25, -0.2) is 9.78 Å². The standard InChI is InChI=1S/C5H6N2O2S.ClH/c1-2-3(4(8)9)7-5(6)10-2;/h1H3,(H2,6,7)(H,8,9);1H. The number of anilines is 1. The highest BCUT2D eigenvalue weighted by atomic mass is 35.5. The zero-order chi connectivity index (χ0) is 7.72. The maximum Gasteiger partial charge on any atom is 0.355 e. The van der Waals surface area contributed by atoms with Crippen LogP contribution in [0, 0.1) is 6.92 Å². The number of hydrogen-bond acceptors (Lipinski definition) is 4. The third kappa shape index (κ3) is 2.06. The Kier molecular flexibility index (Phi) is 3.28. The molecule has 1 aromatic heterocycles. The number of aryl methyl sites for hydroxylation is 1. The lowest BCUT2D eigenvalue weighted by molar-refractivity contribution is 0.0690. The van der Waals surface area contributed by atoms with E-state index in [0.717, 1.165) is 0 Å². The second kappa shape index (κ2) is 3.54. The van der Waals surface area contributed by atoms with Crippen LogP contribution in [0.25, 0.3) is 0 Å². The zero-order valence-corrected chi connectivity index (χ0v) is 7.33. The Morgan fingerprint density at radius 2 is 2.27 bits per heavy atom. The second-order valence-corrected chi connectivity index (χ2v) is 3.00. The number of thiazole rings is 1. The van der Waals surface area contributed by atoms with Gasteiger partial charge >= 0.3 is 5.97 Å². The number of nitrogens with two attached hydrogens (primary N) is 1. The summed E-state index contributed by atoms with van der Waals surface area (Å²) in [5, 5.41) is 8.77. The Labute approximate surface area is 73.5 Å². The monoisotopic (exact) mass is 194 g/mol. The summed E-state index contributed by atoms with van der Waals surface area (Å²) >= 11 is 1.18. The molecule has 1 heterocycles. The van der Waals surface area contributed by atoms with E-state index < -0.39 is 5.97 Å². The van der Waals surface area contributed by atoms with Crippen molar-refractivity contribution >= 4 is 34.8 Å². The summed E-state index contributed by atoms with van der Waals surface area (Å²) in [6.07, 6.45) is 0. The van der Waals surface area contributed by atoms with Crippen molar-refractivity contribution in [3.63, 3.8) is 0 Å². The van der Waals surface area contributed by atoms with Gasteiger partial charge in [0.15, 0.2) is 10.8 Å². The minimum atomic E-state index is -1.02. The number of aromatic carboxylic acids is 1. The molecule has 0 aliphatic rings. The van der Waals surface area contributed by atoms with Crippen LogP contribution in [0.4, 0.5) is 5.13 Å². The maximum absolute atomic E-state index is 10.3. The lowest BCUT2D eigenvalue weighted by atomic mass is 10.4. The van der Waals surface area contributed by atoms with Crippen molar-refractivity contribution in [3.8, 4) is 0 Å². The summed E-state index contributed by atoms with van der Waals surface area (Å²) in [6.45, 7) is 1.68. The Hall–Kier alpha value is -0.810. The first-order valence-corrected chi connectivity index (χ1v) is 3.39. The van der Waals surface area contributed by atoms with E-state index in [1.807, 2.05) is 0 Å². The first kappa shape index (κ1) is 10.2. The van der Waals surface area contributed by atoms with E-state index in [9.17, 15) is 4.79 Å². The summed E-state index contributed by atoms with van der Waals surface area (Å²) < 4.78 is 0. The van der Waals surface area contributed by atoms with E-state index in [1.54, 1.807) is 6.92 Å². The second-order valence-electron chi connectivity index (χ2n) is 1.76. The number of hydrogen-bond donors (Lipinski definition) is 2. The van der Waals surface area contributed by atoms with Gasteiger partial charge in [0.05, 0.1) is 0 Å². The summed E-state index contributed by atoms with van der Waals surface area (Å²) in [5.41, 5.74) is 5.32. The molecule has 0 unspecified atom stereocenters. The average molecular weight is 195 g/mol. The van der Waals surface area contributed by atoms with Gasteiger partial charge in [-0.2, -0.15) is 0 Å². The van der Waals surface area contributed by atoms with Crippen LogP contribution in [-0.4, -0.2) is 16.1 Å². The maximum atomic E-state index is 10.3. The van der Waals surface area contributed by atoms with Crippen molar-refractivity contribution in [2.75, 3.05) is 5.73 Å². The van der Waals surface area contributed by atoms with E-state index in [1.165, 1.54) is 11.3 Å². The number of halogens is 1. The molecular weight excluding hydrogens is 188 g/mol. The molecule has 62 valence electrons. The van der Waals surface area contributed by atoms with Crippen molar-refractivity contribution in [1.82, 2.24) is 4.98 Å². The average Bonchev–Trinajstić information content (AvgIpc) is 2.10. The quantitative estimate of drug-likeness (QED) is 0.703. The fraction of sp³-hybridized carbons (Fsp3) is 0.200. The van der Waals surface area contributed by atoms with Gasteiger partial charge in [-0.05, 0) is 6.92 Å². The van der Waals surface area contributed by atoms with Crippen molar-refractivity contribution < 1.29 is 9.90 Å². The van der Waals surface area contributed by atoms with Crippen molar-refractivity contribution in [1.29, 1.82) is 0 Å². The minimum Gasteiger partial charge on any atom is -0.476 e. The molecule has 0 aliphatic heterocycles. The fourth-order valence-electron chi connectivity index (χ4n) is 0.615. The highest BCUT2D eigenvalue weighted by Crippen LogP contribution is 2.18. The molecule has 11 heavy (non-hydrogen) atoms. The van der Waals surface area contributed by atoms with E-state index in [2.05, 4.69) is 4.98 Å². The van der Waals surface area contributed by atoms with Gasteiger partial charge in [-0.15, -0.1) is 23.7 Å². The van der Waals surface area contributed by atoms with Crippen LogP contribution in [0.2, 0.25) is 0 Å². The number of aromatic nitrogens is 1. The molecule has 0 saturated heterocycles. The first-order chi connectivity index (χ1) is 4.61. The van der Waals surface area contributed by atoms with E-state index in [4.69, 9.17) is 10.8 Å². The Bertz CT molecular complexity index is 273. The molecule has 0 fully saturated rings. The van der Waals surface area contributed by atoms with Crippen LogP contribution in [0.15, 0.2) is 0 Å². The summed E-state index contributed by atoms with van der Waals surface area (Å²) in [4.78, 5) is 14.6. The van der Waals surface area contributed by atoms with Crippen molar-refractivity contribution in [2.45, 2.75) is 6.92 Å². The lowest BCUT2D eigenvalue weighted by Gasteiger charge is -1.84. The highest BCUT2D eigenvalue weighted by molar-refractivity contribution is 7.15. The molecule has 0 radical (unpaired) electrons. The van der Waals surface area contributed by atoms with Gasteiger partial charge in [-0.1, -0.05) is 0 Å². The van der Waals surface area contributed by atoms with Crippen LogP contribution in [-0.2, 0) is 0 Å². The molecule has 6 heteroatoms. The van der Waals surface area contributed by atoms with Gasteiger partial charge in [0.1, 0.15) is 0 Å². The van der Waals surface area contributed by atoms with Crippen LogP contribution >= 0.6 is 23.7 Å². The predicted molar refractivity (Wildman–Crippen MR) is 45.5 cm³/mol. The molecule has 0 spiro atoms. The summed E-state index contributed by atoms with van der Waals surface area (Å²) in [6, 6.07) is 0. The summed E-state index contributed by atoms with van der Waals surface area (Å²) in [5.74, 6) is -1.02. The highest BCUT2D eigenvalue weighted by Gasteiger charge is 2.11. The Balaban J connectivity index is 0.000001000. The van der Waals surface area contributed by atoms with Gasteiger partial charge < -0.3 is 10.8 Å². The van der Waals surface area contributed by atoms with E-state index >= 15 is 0 Å². The van der Waals surface area contributed by atoms with Crippen molar-refractivity contribution in [3.05, 3.63) is 10.6 Å². The molecule has 0 aromatic carbocycles. The molecule has 0 atom stereocenters. The number of nitrogens with zero attached hydrogens (tertiary/aromatic N) is 1. The number of nitrogen functional groups attached to an aromatic ring is 1. The number of rotatable bonds is 1. The largest absolute Gasteiger partial charge is 0.476 e. The molecule has 0 saturated carbocycles. The molecular formula is C5H7ClN2O2S. The van der Waals surface area contributed by atoms with Gasteiger partial charge in [0, 0.05) is 4.88 Å². The smallest absolute Gasteiger partial charge is 0.355 e. The molecule has 4 nitrogen and oxygen atoms in total. The Morgan fingerprint density at radius 3 is 2.45 bits per heavy atom. The summed E-state index contributed by atoms with van der Waals surface area (Å²) in [7, 11) is 0. The first-order valence-electron chi connectivity index (χ1n) is 2.57. The molecule has 0 aliphatic carbocycles. The molecule has 3 N–H and O–H groups in total. The van der Waals surface area contributed by atoms with Gasteiger partial charge in [0.2, 0.25) is 0 Å². The van der Waals surface area contributed by atoms with Gasteiger partial charge in [0.25, 0.3) is 0 Å². The van der Waals surface area contributed by atoms with Crippen LogP contribution < -0.4 is 5.73 Å². The molecule has 0 bridgehead atoms. The SMILES string of the molecule is Cc1sc(N)nc1C(=O)O.Cl. The third-order valence-electron chi connectivity index (χ3n) is 1.02. The van der Waals surface area contributed by atoms with Crippen LogP contribution in [0.5, 0.6) is 0 Å². The van der Waals surface area contributed by atoms with Crippen LogP contribution in [0.3, 0.4) is 0 Å². The normalized spacial score (nSPS) is 8.82.